The average molecular weight is 880 g/mol. The summed E-state index contributed by atoms with van der Waals surface area (Å²) in [6, 6.07) is 23.7. The van der Waals surface area contributed by atoms with Crippen molar-refractivity contribution in [3.63, 3.8) is 0 Å². The summed E-state index contributed by atoms with van der Waals surface area (Å²) in [7, 11) is 0. The zero-order valence-electron chi connectivity index (χ0n) is 36.4. The smallest absolute Gasteiger partial charge is 0.338 e. The molecule has 0 radical (unpaired) electrons. The van der Waals surface area contributed by atoms with Gasteiger partial charge in [-0.25, -0.2) is 9.59 Å². The number of ketones is 1. The van der Waals surface area contributed by atoms with Crippen LogP contribution in [0.3, 0.4) is 0 Å². The molecule has 338 valence electrons. The van der Waals surface area contributed by atoms with Gasteiger partial charge >= 0.3 is 23.9 Å². The van der Waals surface area contributed by atoms with Gasteiger partial charge in [0.25, 0.3) is 0 Å². The van der Waals surface area contributed by atoms with Crippen molar-refractivity contribution < 1.29 is 67.8 Å². The molecule has 2 saturated carbocycles. The molecule has 3 aromatic carbocycles. The number of carbonyl (C=O) groups excluding carboxylic acids is 6. The molecule has 0 aromatic heterocycles. The molecule has 3 aliphatic carbocycles. The molecule has 3 aromatic rings. The lowest BCUT2D eigenvalue weighted by Crippen LogP contribution is -2.82. The van der Waals surface area contributed by atoms with E-state index in [2.05, 4.69) is 5.32 Å². The number of nitrogens with one attached hydrogen (secondary N) is 1. The summed E-state index contributed by atoms with van der Waals surface area (Å²) in [4.78, 5) is 83.4. The second kappa shape index (κ2) is 17.5. The Morgan fingerprint density at radius 3 is 2.05 bits per heavy atom. The van der Waals surface area contributed by atoms with Crippen molar-refractivity contribution in [3.05, 3.63) is 125 Å². The summed E-state index contributed by atoms with van der Waals surface area (Å²) >= 11 is 0. The van der Waals surface area contributed by atoms with E-state index in [1.807, 2.05) is 6.07 Å². The molecule has 64 heavy (non-hydrogen) atoms. The van der Waals surface area contributed by atoms with Crippen LogP contribution in [-0.4, -0.2) is 105 Å². The highest BCUT2D eigenvalue weighted by molar-refractivity contribution is 5.96. The number of fused-ring (bicyclic) bond motifs is 5. The fourth-order valence-electron chi connectivity index (χ4n) is 10.3. The van der Waals surface area contributed by atoms with Crippen molar-refractivity contribution in [1.82, 2.24) is 5.32 Å². The number of hydrogen-bond donors (Lipinski definition) is 4. The van der Waals surface area contributed by atoms with Gasteiger partial charge in [-0.2, -0.15) is 0 Å². The first-order valence-corrected chi connectivity index (χ1v) is 21.1. The SMILES string of the molecule is CC(=O)OC1C(=O)C2(C)C(O)CC3OCC3(OC(C)=O)C2C(OC(=O)c2ccccc2)C2(O)CC(OC(=O)C(O)C(NC(=O)C=Cc3ccccc3)c3ccccc3)C(C)=C1C2(C)C. The van der Waals surface area contributed by atoms with Crippen molar-refractivity contribution >= 4 is 41.6 Å². The highest BCUT2D eigenvalue weighted by Crippen LogP contribution is 2.64. The van der Waals surface area contributed by atoms with E-state index in [1.54, 1.807) is 92.7 Å². The van der Waals surface area contributed by atoms with Crippen LogP contribution >= 0.6 is 0 Å². The minimum atomic E-state index is -2.40. The van der Waals surface area contributed by atoms with E-state index in [9.17, 15) is 39.3 Å². The first-order chi connectivity index (χ1) is 30.3. The molecule has 1 amide bonds. The molecule has 4 N–H and O–H groups in total. The summed E-state index contributed by atoms with van der Waals surface area (Å²) < 4.78 is 30.3. The first-order valence-electron chi connectivity index (χ1n) is 21.1. The third-order valence-corrected chi connectivity index (χ3v) is 13.7. The Balaban J connectivity index is 1.36. The Labute approximate surface area is 370 Å². The van der Waals surface area contributed by atoms with Gasteiger partial charge in [-0.05, 0) is 54.3 Å². The van der Waals surface area contributed by atoms with Gasteiger partial charge in [0, 0.05) is 38.2 Å². The normalized spacial score (nSPS) is 31.4. The van der Waals surface area contributed by atoms with Gasteiger partial charge in [-0.3, -0.25) is 19.2 Å². The molecule has 4 aliphatic rings. The van der Waals surface area contributed by atoms with Crippen LogP contribution in [-0.2, 0) is 47.7 Å². The lowest BCUT2D eigenvalue weighted by molar-refractivity contribution is -0.346. The maximum Gasteiger partial charge on any atom is 0.338 e. The molecule has 11 unspecified atom stereocenters. The fraction of sp³-hybridized carbons (Fsp3) is 0.429. The van der Waals surface area contributed by atoms with E-state index in [-0.39, 0.29) is 29.7 Å². The van der Waals surface area contributed by atoms with Crippen LogP contribution in [0.15, 0.2) is 108 Å². The predicted molar refractivity (Wildman–Crippen MR) is 227 cm³/mol. The van der Waals surface area contributed by atoms with Crippen LogP contribution in [0.5, 0.6) is 0 Å². The molecule has 1 aliphatic heterocycles. The van der Waals surface area contributed by atoms with Gasteiger partial charge < -0.3 is 44.3 Å². The molecule has 3 fully saturated rings. The molecule has 1 heterocycles. The topological polar surface area (TPSA) is 221 Å². The third-order valence-electron chi connectivity index (χ3n) is 13.7. The van der Waals surface area contributed by atoms with Gasteiger partial charge in [0.2, 0.25) is 5.91 Å². The maximum absolute atomic E-state index is 15.5. The van der Waals surface area contributed by atoms with Gasteiger partial charge in [-0.15, -0.1) is 0 Å². The van der Waals surface area contributed by atoms with Crippen LogP contribution in [0, 0.1) is 16.7 Å². The molecule has 1 saturated heterocycles. The van der Waals surface area contributed by atoms with Gasteiger partial charge in [0.15, 0.2) is 23.6 Å². The second-order valence-electron chi connectivity index (χ2n) is 17.8. The number of benzene rings is 3. The van der Waals surface area contributed by atoms with Crippen LogP contribution in [0.1, 0.15) is 81.9 Å². The lowest BCUT2D eigenvalue weighted by atomic mass is 9.44. The van der Waals surface area contributed by atoms with E-state index in [0.29, 0.717) is 5.56 Å². The summed E-state index contributed by atoms with van der Waals surface area (Å²) in [6.45, 7) is 7.97. The standard InChI is InChI=1S/C49H53NO14/c1-27-33(62-45(58)39(55)38(31-18-12-8-13-19-31)50-36(54)23-22-30-16-10-7-11-17-30)25-49(59)43(63-44(57)32-20-14-9-15-21-32)41-47(6,34(53)24-35-48(41,26-60-35)64-29(3)52)42(56)40(61-28(2)51)37(27)46(49,4)5/h7-23,33-35,38-41,43,53,55,59H,24-26H2,1-6H3,(H,50,54). The summed E-state index contributed by atoms with van der Waals surface area (Å²) in [5, 5.41) is 40.2. The number of aliphatic hydroxyl groups excluding tert-OH is 2. The molecular formula is C49H53NO14. The number of carbonyl (C=O) groups is 6. The van der Waals surface area contributed by atoms with Crippen molar-refractivity contribution in [3.8, 4) is 0 Å². The van der Waals surface area contributed by atoms with Crippen molar-refractivity contribution in [2.45, 2.75) is 108 Å². The number of rotatable bonds is 11. The highest BCUT2D eigenvalue weighted by atomic mass is 16.6. The Morgan fingerprint density at radius 1 is 0.859 bits per heavy atom. The Morgan fingerprint density at radius 2 is 1.47 bits per heavy atom. The predicted octanol–water partition coefficient (Wildman–Crippen LogP) is 4.14. The molecule has 15 nitrogen and oxygen atoms in total. The quantitative estimate of drug-likeness (QED) is 0.0921. The lowest BCUT2D eigenvalue weighted by Gasteiger charge is -2.67. The van der Waals surface area contributed by atoms with Crippen molar-refractivity contribution in [2.75, 3.05) is 6.61 Å². The van der Waals surface area contributed by atoms with Crippen LogP contribution < -0.4 is 5.32 Å². The van der Waals surface area contributed by atoms with Crippen LogP contribution in [0.25, 0.3) is 6.08 Å². The molecular weight excluding hydrogens is 827 g/mol. The third kappa shape index (κ3) is 7.95. The zero-order chi connectivity index (χ0) is 46.4. The van der Waals surface area contributed by atoms with Crippen molar-refractivity contribution in [2.24, 2.45) is 16.7 Å². The van der Waals surface area contributed by atoms with E-state index in [4.69, 9.17) is 23.7 Å². The summed E-state index contributed by atoms with van der Waals surface area (Å²) in [6.07, 6.45) is -7.73. The molecule has 7 rings (SSSR count). The van der Waals surface area contributed by atoms with Gasteiger partial charge in [-0.1, -0.05) is 92.7 Å². The largest absolute Gasteiger partial charge is 0.456 e. The minimum Gasteiger partial charge on any atom is -0.456 e. The highest BCUT2D eigenvalue weighted by Gasteiger charge is 2.78. The number of aliphatic hydroxyl groups is 3. The van der Waals surface area contributed by atoms with E-state index < -0.39 is 113 Å². The van der Waals surface area contributed by atoms with E-state index in [1.165, 1.54) is 32.1 Å². The van der Waals surface area contributed by atoms with Gasteiger partial charge in [0.1, 0.15) is 23.9 Å². The Bertz CT molecular complexity index is 2370. The van der Waals surface area contributed by atoms with E-state index in [0.717, 1.165) is 19.4 Å². The van der Waals surface area contributed by atoms with E-state index >= 15 is 4.79 Å². The molecule has 11 atom stereocenters. The maximum atomic E-state index is 15.5. The number of esters is 4. The molecule has 0 spiro atoms. The van der Waals surface area contributed by atoms with Crippen LogP contribution in [0.4, 0.5) is 0 Å². The number of hydrogen-bond acceptors (Lipinski definition) is 14. The summed E-state index contributed by atoms with van der Waals surface area (Å²) in [5.74, 6) is -6.90. The van der Waals surface area contributed by atoms with Gasteiger partial charge in [0.05, 0.1) is 35.6 Å². The number of amides is 1. The molecule has 15 heteroatoms. The van der Waals surface area contributed by atoms with Crippen molar-refractivity contribution in [1.29, 1.82) is 0 Å². The Kier molecular flexibility index (Phi) is 12.6. The zero-order valence-corrected chi connectivity index (χ0v) is 36.4. The molecule has 2 bridgehead atoms. The fourth-order valence-corrected chi connectivity index (χ4v) is 10.3. The van der Waals surface area contributed by atoms with Crippen LogP contribution in [0.2, 0.25) is 0 Å². The number of ether oxygens (including phenoxy) is 5. The number of Topliss-reactive ketones (excluding diaryl/α,β-unsaturated/α-hetero) is 1. The average Bonchev–Trinajstić information content (AvgIpc) is 3.26. The second-order valence-corrected chi connectivity index (χ2v) is 17.8. The first kappa shape index (κ1) is 46.0. The minimum absolute atomic E-state index is 0.00569. The Hall–Kier alpha value is -6.00. The monoisotopic (exact) mass is 879 g/mol. The summed E-state index contributed by atoms with van der Waals surface area (Å²) in [5.41, 5.74) is -6.58.